The van der Waals surface area contributed by atoms with E-state index in [1.807, 2.05) is 70.8 Å². The van der Waals surface area contributed by atoms with E-state index in [1.165, 1.54) is 0 Å². The Balaban J connectivity index is 2.18. The van der Waals surface area contributed by atoms with Crippen LogP contribution in [0, 0.1) is 6.92 Å². The Kier molecular flexibility index (Phi) is 3.35. The van der Waals surface area contributed by atoms with Gasteiger partial charge in [0.05, 0.1) is 11.1 Å². The highest BCUT2D eigenvalue weighted by atomic mass is 16.3. The van der Waals surface area contributed by atoms with Gasteiger partial charge in [-0.3, -0.25) is 9.36 Å². The van der Waals surface area contributed by atoms with Crippen LogP contribution in [0.5, 0.6) is 5.75 Å². The van der Waals surface area contributed by atoms with Crippen molar-refractivity contribution in [2.75, 3.05) is 0 Å². The molecule has 4 rings (SSSR count). The van der Waals surface area contributed by atoms with E-state index in [1.54, 1.807) is 12.1 Å². The van der Waals surface area contributed by atoms with E-state index in [0.29, 0.717) is 11.4 Å². The van der Waals surface area contributed by atoms with Crippen LogP contribution in [0.4, 0.5) is 0 Å². The second-order valence-corrected chi connectivity index (χ2v) is 5.95. The third-order valence-electron chi connectivity index (χ3n) is 4.38. The first-order chi connectivity index (χ1) is 12.1. The molecule has 2 aromatic heterocycles. The van der Waals surface area contributed by atoms with Gasteiger partial charge in [0.2, 0.25) is 0 Å². The predicted octanol–water partition coefficient (Wildman–Crippen LogP) is 3.53. The van der Waals surface area contributed by atoms with Crippen molar-refractivity contribution in [1.29, 1.82) is 0 Å². The molecule has 0 spiro atoms. The predicted molar refractivity (Wildman–Crippen MR) is 97.5 cm³/mol. The molecule has 4 aromatic rings. The molecule has 0 atom stereocenters. The number of hydrogen-bond donors (Lipinski definition) is 2. The molecule has 0 fully saturated rings. The van der Waals surface area contributed by atoms with Crippen LogP contribution in [0.3, 0.4) is 0 Å². The largest absolute Gasteiger partial charge is 0.508 e. The lowest BCUT2D eigenvalue weighted by Gasteiger charge is -2.14. The molecule has 25 heavy (non-hydrogen) atoms. The number of aromatic hydroxyl groups is 1. The highest BCUT2D eigenvalue weighted by Crippen LogP contribution is 2.33. The van der Waals surface area contributed by atoms with E-state index >= 15 is 0 Å². The molecule has 0 aliphatic heterocycles. The number of carbonyl (C=O) groups is 1. The van der Waals surface area contributed by atoms with Gasteiger partial charge in [0.25, 0.3) is 5.91 Å². The smallest absolute Gasteiger partial charge is 0.253 e. The van der Waals surface area contributed by atoms with E-state index in [9.17, 15) is 9.90 Å². The number of rotatable bonds is 3. The maximum Gasteiger partial charge on any atom is 0.253 e. The minimum atomic E-state index is -0.475. The molecule has 5 nitrogen and oxygen atoms in total. The lowest BCUT2D eigenvalue weighted by Crippen LogP contribution is -2.15. The summed E-state index contributed by atoms with van der Waals surface area (Å²) in [7, 11) is 0. The third kappa shape index (κ3) is 2.29. The second kappa shape index (κ2) is 5.56. The number of aromatic nitrogens is 2. The summed E-state index contributed by atoms with van der Waals surface area (Å²) >= 11 is 0. The molecule has 1 amide bonds. The minimum Gasteiger partial charge on any atom is -0.508 e. The number of nitrogens with two attached hydrogens (primary N) is 1. The number of nitrogens with zero attached hydrogens (tertiary/aromatic N) is 2. The first-order valence-electron chi connectivity index (χ1n) is 7.95. The maximum atomic E-state index is 12.3. The summed E-state index contributed by atoms with van der Waals surface area (Å²) in [6.45, 7) is 1.98. The van der Waals surface area contributed by atoms with Gasteiger partial charge in [-0.05, 0) is 49.4 Å². The Morgan fingerprint density at radius 2 is 1.72 bits per heavy atom. The molecule has 124 valence electrons. The Labute approximate surface area is 144 Å². The van der Waals surface area contributed by atoms with E-state index in [4.69, 9.17) is 5.73 Å². The average molecular weight is 331 g/mol. The number of aryl methyl sites for hydroxylation is 1. The summed E-state index contributed by atoms with van der Waals surface area (Å²) in [4.78, 5) is 12.3. The summed E-state index contributed by atoms with van der Waals surface area (Å²) in [6, 6.07) is 18.5. The van der Waals surface area contributed by atoms with Gasteiger partial charge in [0.1, 0.15) is 11.6 Å². The maximum absolute atomic E-state index is 12.3. The normalized spacial score (nSPS) is 11.1. The van der Waals surface area contributed by atoms with Gasteiger partial charge in [-0.2, -0.15) is 0 Å². The molecular weight excluding hydrogens is 314 g/mol. The lowest BCUT2D eigenvalue weighted by molar-refractivity contribution is 0.100. The van der Waals surface area contributed by atoms with Crippen molar-refractivity contribution in [3.8, 4) is 17.3 Å². The second-order valence-electron chi connectivity index (χ2n) is 5.95. The fourth-order valence-corrected chi connectivity index (χ4v) is 3.26. The average Bonchev–Trinajstić information content (AvgIpc) is 3.16. The van der Waals surface area contributed by atoms with Crippen LogP contribution in [-0.2, 0) is 0 Å². The van der Waals surface area contributed by atoms with E-state index < -0.39 is 5.91 Å². The first-order valence-corrected chi connectivity index (χ1v) is 7.95. The van der Waals surface area contributed by atoms with Gasteiger partial charge >= 0.3 is 0 Å². The molecule has 0 aliphatic carbocycles. The standard InChI is InChI=1S/C20H17N3O2/c1-13-5-4-12-22(13)20-18(19(21)25)16-6-2-3-7-17(16)23(20)14-8-10-15(24)11-9-14/h2-12,24H,1H3,(H2,21,25). The molecule has 0 radical (unpaired) electrons. The van der Waals surface area contributed by atoms with Crippen molar-refractivity contribution in [2.45, 2.75) is 6.92 Å². The number of carbonyl (C=O) groups excluding carboxylic acids is 1. The molecular formula is C20H17N3O2. The number of hydrogen-bond acceptors (Lipinski definition) is 2. The van der Waals surface area contributed by atoms with Gasteiger partial charge in [-0.1, -0.05) is 18.2 Å². The fraction of sp³-hybridized carbons (Fsp3) is 0.0500. The topological polar surface area (TPSA) is 73.2 Å². The molecule has 2 aromatic carbocycles. The SMILES string of the molecule is Cc1cccn1-c1c(C(N)=O)c2ccccc2n1-c1ccc(O)cc1. The number of para-hydroxylation sites is 1. The van der Waals surface area contributed by atoms with Crippen LogP contribution in [0.2, 0.25) is 0 Å². The number of primary amides is 1. The molecule has 2 heterocycles. The van der Waals surface area contributed by atoms with Gasteiger partial charge in [0, 0.05) is 23.0 Å². The number of benzene rings is 2. The van der Waals surface area contributed by atoms with Crippen molar-refractivity contribution in [3.05, 3.63) is 78.1 Å². The van der Waals surface area contributed by atoms with E-state index in [2.05, 4.69) is 0 Å². The molecule has 3 N–H and O–H groups in total. The van der Waals surface area contributed by atoms with Crippen molar-refractivity contribution in [2.24, 2.45) is 5.73 Å². The van der Waals surface area contributed by atoms with Crippen molar-refractivity contribution in [3.63, 3.8) is 0 Å². The Hall–Kier alpha value is -3.47. The van der Waals surface area contributed by atoms with E-state index in [0.717, 1.165) is 22.3 Å². The van der Waals surface area contributed by atoms with Crippen LogP contribution in [0.15, 0.2) is 66.9 Å². The summed E-state index contributed by atoms with van der Waals surface area (Å²) in [5, 5.41) is 10.4. The quantitative estimate of drug-likeness (QED) is 0.603. The van der Waals surface area contributed by atoms with Crippen molar-refractivity contribution < 1.29 is 9.90 Å². The number of amides is 1. The van der Waals surface area contributed by atoms with Crippen LogP contribution in [0.25, 0.3) is 22.4 Å². The first kappa shape index (κ1) is 15.1. The summed E-state index contributed by atoms with van der Waals surface area (Å²) in [5.41, 5.74) is 8.93. The van der Waals surface area contributed by atoms with Crippen LogP contribution >= 0.6 is 0 Å². The molecule has 0 aliphatic rings. The number of phenolic OH excluding ortho intramolecular Hbond substituents is 1. The zero-order chi connectivity index (χ0) is 17.6. The summed E-state index contributed by atoms with van der Waals surface area (Å²) < 4.78 is 3.94. The van der Waals surface area contributed by atoms with Gasteiger partial charge in [-0.15, -0.1) is 0 Å². The third-order valence-corrected chi connectivity index (χ3v) is 4.38. The highest BCUT2D eigenvalue weighted by molar-refractivity contribution is 6.10. The van der Waals surface area contributed by atoms with Crippen molar-refractivity contribution in [1.82, 2.24) is 9.13 Å². The Morgan fingerprint density at radius 3 is 2.36 bits per heavy atom. The van der Waals surface area contributed by atoms with E-state index in [-0.39, 0.29) is 5.75 Å². The van der Waals surface area contributed by atoms with Crippen LogP contribution < -0.4 is 5.73 Å². The molecule has 0 bridgehead atoms. The monoisotopic (exact) mass is 331 g/mol. The van der Waals surface area contributed by atoms with Gasteiger partial charge in [0.15, 0.2) is 0 Å². The highest BCUT2D eigenvalue weighted by Gasteiger charge is 2.23. The molecule has 0 unspecified atom stereocenters. The van der Waals surface area contributed by atoms with Gasteiger partial charge in [-0.25, -0.2) is 0 Å². The van der Waals surface area contributed by atoms with Crippen LogP contribution in [0.1, 0.15) is 16.1 Å². The lowest BCUT2D eigenvalue weighted by atomic mass is 10.1. The zero-order valence-corrected chi connectivity index (χ0v) is 13.7. The molecule has 0 saturated heterocycles. The number of fused-ring (bicyclic) bond motifs is 1. The number of phenols is 1. The zero-order valence-electron chi connectivity index (χ0n) is 13.7. The van der Waals surface area contributed by atoms with Crippen molar-refractivity contribution >= 4 is 16.8 Å². The van der Waals surface area contributed by atoms with Crippen LogP contribution in [-0.4, -0.2) is 20.1 Å². The Morgan fingerprint density at radius 1 is 1.00 bits per heavy atom. The Bertz CT molecular complexity index is 1090. The minimum absolute atomic E-state index is 0.189. The molecule has 5 heteroatoms. The van der Waals surface area contributed by atoms with Gasteiger partial charge < -0.3 is 15.4 Å². The summed E-state index contributed by atoms with van der Waals surface area (Å²) in [5.74, 6) is 0.410. The summed E-state index contributed by atoms with van der Waals surface area (Å²) in [6.07, 6.45) is 1.91. The molecule has 0 saturated carbocycles. The fourth-order valence-electron chi connectivity index (χ4n) is 3.26.